The molecule has 0 aliphatic rings. The third-order valence-corrected chi connectivity index (χ3v) is 4.27. The number of carbonyl (C=O) groups is 2. The van der Waals surface area contributed by atoms with Crippen molar-refractivity contribution >= 4 is 40.7 Å². The minimum absolute atomic E-state index is 0.106. The monoisotopic (exact) mass is 394 g/mol. The van der Waals surface area contributed by atoms with E-state index in [-0.39, 0.29) is 31.4 Å². The first kappa shape index (κ1) is 20.1. The highest BCUT2D eigenvalue weighted by atomic mass is 35.5. The summed E-state index contributed by atoms with van der Waals surface area (Å²) in [6, 6.07) is 12.5. The Bertz CT molecular complexity index is 759. The highest BCUT2D eigenvalue weighted by Crippen LogP contribution is 2.29. The number of aryl methyl sites for hydroxylation is 1. The van der Waals surface area contributed by atoms with Crippen LogP contribution in [-0.4, -0.2) is 36.9 Å². The maximum absolute atomic E-state index is 12.1. The molecule has 7 heteroatoms. The third kappa shape index (κ3) is 5.93. The molecule has 0 saturated heterocycles. The quantitative estimate of drug-likeness (QED) is 0.766. The van der Waals surface area contributed by atoms with E-state index in [1.165, 1.54) is 4.90 Å². The van der Waals surface area contributed by atoms with Crippen molar-refractivity contribution in [2.45, 2.75) is 13.3 Å². The van der Waals surface area contributed by atoms with Crippen molar-refractivity contribution in [3.05, 3.63) is 58.1 Å². The van der Waals surface area contributed by atoms with E-state index in [1.54, 1.807) is 25.2 Å². The molecule has 0 heterocycles. The van der Waals surface area contributed by atoms with E-state index in [9.17, 15) is 9.59 Å². The Labute approximate surface area is 162 Å². The molecule has 0 unspecified atom stereocenters. The Morgan fingerprint density at radius 3 is 2.31 bits per heavy atom. The van der Waals surface area contributed by atoms with Gasteiger partial charge in [-0.25, -0.2) is 0 Å². The Kier molecular flexibility index (Phi) is 7.30. The van der Waals surface area contributed by atoms with Crippen LogP contribution < -0.4 is 10.1 Å². The number of hydrogen-bond acceptors (Lipinski definition) is 3. The van der Waals surface area contributed by atoms with Crippen LogP contribution in [0.3, 0.4) is 0 Å². The largest absolute Gasteiger partial charge is 0.493 e. The van der Waals surface area contributed by atoms with Crippen LogP contribution in [0.5, 0.6) is 5.75 Å². The lowest BCUT2D eigenvalue weighted by Gasteiger charge is -2.17. The first-order valence-corrected chi connectivity index (χ1v) is 8.79. The third-order valence-electron chi connectivity index (χ3n) is 3.64. The molecule has 2 aromatic rings. The lowest BCUT2D eigenvalue weighted by molar-refractivity contribution is -0.133. The van der Waals surface area contributed by atoms with Gasteiger partial charge in [0.2, 0.25) is 11.8 Å². The normalized spacial score (nSPS) is 10.3. The molecule has 0 radical (unpaired) electrons. The Morgan fingerprint density at radius 1 is 1.08 bits per heavy atom. The molecule has 138 valence electrons. The van der Waals surface area contributed by atoms with E-state index in [1.807, 2.05) is 31.2 Å². The van der Waals surface area contributed by atoms with Gasteiger partial charge < -0.3 is 15.0 Å². The number of carbonyl (C=O) groups excluding carboxylic acids is 2. The second-order valence-electron chi connectivity index (χ2n) is 5.81. The number of hydrogen-bond donors (Lipinski definition) is 1. The number of likely N-dealkylation sites (N-methyl/N-ethyl adjacent to an activating group) is 1. The van der Waals surface area contributed by atoms with Gasteiger partial charge in [-0.05, 0) is 31.2 Å². The second-order valence-corrected chi connectivity index (χ2v) is 6.62. The molecule has 26 heavy (non-hydrogen) atoms. The zero-order chi connectivity index (χ0) is 19.1. The van der Waals surface area contributed by atoms with Gasteiger partial charge in [-0.15, -0.1) is 0 Å². The van der Waals surface area contributed by atoms with Crippen molar-refractivity contribution in [3.8, 4) is 5.75 Å². The van der Waals surface area contributed by atoms with E-state index in [0.717, 1.165) is 5.56 Å². The van der Waals surface area contributed by atoms with Gasteiger partial charge >= 0.3 is 0 Å². The molecule has 2 rings (SSSR count). The number of para-hydroxylation sites is 1. The minimum atomic E-state index is -0.379. The fourth-order valence-electron chi connectivity index (χ4n) is 2.18. The van der Waals surface area contributed by atoms with E-state index < -0.39 is 0 Å². The number of ether oxygens (including phenoxy) is 1. The van der Waals surface area contributed by atoms with E-state index in [0.29, 0.717) is 21.5 Å². The highest BCUT2D eigenvalue weighted by molar-refractivity contribution is 6.39. The van der Waals surface area contributed by atoms with Gasteiger partial charge in [0, 0.05) is 7.05 Å². The summed E-state index contributed by atoms with van der Waals surface area (Å²) in [6.45, 7) is 2.12. The van der Waals surface area contributed by atoms with E-state index >= 15 is 0 Å². The number of halogens is 2. The Hall–Kier alpha value is -2.24. The molecule has 0 fully saturated rings. The SMILES string of the molecule is Cc1ccc(OCCC(=O)N(C)CC(=O)Nc2c(Cl)cccc2Cl)cc1. The number of anilines is 1. The number of nitrogens with zero attached hydrogens (tertiary/aromatic N) is 1. The fraction of sp³-hybridized carbons (Fsp3) is 0.263. The van der Waals surface area contributed by atoms with Gasteiger partial charge in [0.1, 0.15) is 5.75 Å². The maximum atomic E-state index is 12.1. The maximum Gasteiger partial charge on any atom is 0.244 e. The van der Waals surface area contributed by atoms with Crippen LogP contribution in [-0.2, 0) is 9.59 Å². The van der Waals surface area contributed by atoms with Crippen LogP contribution in [0.4, 0.5) is 5.69 Å². The first-order valence-electron chi connectivity index (χ1n) is 8.04. The lowest BCUT2D eigenvalue weighted by atomic mass is 10.2. The van der Waals surface area contributed by atoms with Gasteiger partial charge in [0.25, 0.3) is 0 Å². The van der Waals surface area contributed by atoms with Crippen LogP contribution in [0.15, 0.2) is 42.5 Å². The molecule has 0 aromatic heterocycles. The minimum Gasteiger partial charge on any atom is -0.493 e. The summed E-state index contributed by atoms with van der Waals surface area (Å²) >= 11 is 12.0. The molecule has 0 aliphatic heterocycles. The molecule has 5 nitrogen and oxygen atoms in total. The summed E-state index contributed by atoms with van der Waals surface area (Å²) in [6.07, 6.45) is 0.171. The topological polar surface area (TPSA) is 58.6 Å². The van der Waals surface area contributed by atoms with Gasteiger partial charge in [0.15, 0.2) is 0 Å². The molecular formula is C19H20Cl2N2O3. The van der Waals surface area contributed by atoms with Crippen molar-refractivity contribution in [3.63, 3.8) is 0 Å². The highest BCUT2D eigenvalue weighted by Gasteiger charge is 2.15. The van der Waals surface area contributed by atoms with Crippen molar-refractivity contribution in [1.82, 2.24) is 4.90 Å². The molecule has 0 bridgehead atoms. The smallest absolute Gasteiger partial charge is 0.244 e. The van der Waals surface area contributed by atoms with Gasteiger partial charge in [-0.3, -0.25) is 9.59 Å². The van der Waals surface area contributed by atoms with Crippen LogP contribution in [0.25, 0.3) is 0 Å². The van der Waals surface area contributed by atoms with Crippen molar-refractivity contribution < 1.29 is 14.3 Å². The standard InChI is InChI=1S/C19H20Cl2N2O3/c1-13-6-8-14(9-7-13)26-11-10-18(25)23(2)12-17(24)22-19-15(20)4-3-5-16(19)21/h3-9H,10-12H2,1-2H3,(H,22,24). The fourth-order valence-corrected chi connectivity index (χ4v) is 2.67. The Morgan fingerprint density at radius 2 is 1.69 bits per heavy atom. The van der Waals surface area contributed by atoms with Crippen LogP contribution in [0.1, 0.15) is 12.0 Å². The lowest BCUT2D eigenvalue weighted by Crippen LogP contribution is -2.35. The number of amides is 2. The molecule has 2 amide bonds. The van der Waals surface area contributed by atoms with Crippen LogP contribution in [0, 0.1) is 6.92 Å². The van der Waals surface area contributed by atoms with Crippen molar-refractivity contribution in [2.24, 2.45) is 0 Å². The van der Waals surface area contributed by atoms with Crippen molar-refractivity contribution in [1.29, 1.82) is 0 Å². The molecule has 1 N–H and O–H groups in total. The zero-order valence-electron chi connectivity index (χ0n) is 14.6. The Balaban J connectivity index is 1.79. The van der Waals surface area contributed by atoms with Gasteiger partial charge in [-0.1, -0.05) is 47.0 Å². The predicted octanol–water partition coefficient (Wildman–Crippen LogP) is 4.17. The summed E-state index contributed by atoms with van der Waals surface area (Å²) in [5.41, 5.74) is 1.47. The predicted molar refractivity (Wildman–Crippen MR) is 104 cm³/mol. The van der Waals surface area contributed by atoms with Crippen LogP contribution >= 0.6 is 23.2 Å². The van der Waals surface area contributed by atoms with Gasteiger partial charge in [0.05, 0.1) is 35.3 Å². The number of rotatable bonds is 7. The van der Waals surface area contributed by atoms with Crippen LogP contribution in [0.2, 0.25) is 10.0 Å². The second kappa shape index (κ2) is 9.46. The molecular weight excluding hydrogens is 375 g/mol. The average Bonchev–Trinajstić information content (AvgIpc) is 2.60. The van der Waals surface area contributed by atoms with Gasteiger partial charge in [-0.2, -0.15) is 0 Å². The van der Waals surface area contributed by atoms with E-state index in [2.05, 4.69) is 5.32 Å². The summed E-state index contributed by atoms with van der Waals surface area (Å²) in [5, 5.41) is 3.30. The summed E-state index contributed by atoms with van der Waals surface area (Å²) in [4.78, 5) is 25.6. The summed E-state index contributed by atoms with van der Waals surface area (Å²) < 4.78 is 5.53. The number of nitrogens with one attached hydrogen (secondary N) is 1. The zero-order valence-corrected chi connectivity index (χ0v) is 16.1. The number of benzene rings is 2. The molecule has 0 spiro atoms. The molecule has 0 atom stereocenters. The summed E-state index contributed by atoms with van der Waals surface area (Å²) in [7, 11) is 1.56. The molecule has 0 saturated carbocycles. The van der Waals surface area contributed by atoms with Crippen molar-refractivity contribution in [2.75, 3.05) is 25.5 Å². The first-order chi connectivity index (χ1) is 12.4. The van der Waals surface area contributed by atoms with E-state index in [4.69, 9.17) is 27.9 Å². The molecule has 2 aromatic carbocycles. The average molecular weight is 395 g/mol. The molecule has 0 aliphatic carbocycles. The summed E-state index contributed by atoms with van der Waals surface area (Å²) in [5.74, 6) is 0.130.